The lowest BCUT2D eigenvalue weighted by molar-refractivity contribution is -0.0497. The third-order valence-electron chi connectivity index (χ3n) is 5.03. The van der Waals surface area contributed by atoms with Gasteiger partial charge >= 0.3 is 0 Å². The molecule has 0 amide bonds. The Bertz CT molecular complexity index is 928. The van der Waals surface area contributed by atoms with Gasteiger partial charge < -0.3 is 29.7 Å². The number of ether oxygens (including phenoxy) is 1. The summed E-state index contributed by atoms with van der Waals surface area (Å²) in [7, 11) is -1.66. The van der Waals surface area contributed by atoms with Crippen molar-refractivity contribution in [3.05, 3.63) is 12.7 Å². The van der Waals surface area contributed by atoms with Crippen LogP contribution in [0.15, 0.2) is 12.7 Å². The Labute approximate surface area is 187 Å². The van der Waals surface area contributed by atoms with E-state index in [0.717, 1.165) is 0 Å². The van der Waals surface area contributed by atoms with Gasteiger partial charge in [-0.1, -0.05) is 0 Å². The molecule has 1 aliphatic heterocycles. The molecule has 1 unspecified atom stereocenters. The lowest BCUT2D eigenvalue weighted by atomic mass is 10.1. The maximum Gasteiger partial charge on any atom is 0.259 e. The summed E-state index contributed by atoms with van der Waals surface area (Å²) in [6, 6.07) is 2.22. The third kappa shape index (κ3) is 5.00. The topological polar surface area (TPSA) is 165 Å². The van der Waals surface area contributed by atoms with Gasteiger partial charge in [-0.2, -0.15) is 5.26 Å². The number of rotatable bonds is 10. The minimum absolute atomic E-state index is 0.0800. The molecule has 1 aliphatic rings. The maximum atomic E-state index is 10.9. The van der Waals surface area contributed by atoms with Crippen molar-refractivity contribution in [1.82, 2.24) is 24.2 Å². The van der Waals surface area contributed by atoms with Crippen molar-refractivity contribution in [3.8, 4) is 6.07 Å². The number of hydrogen-bond acceptors (Lipinski definition) is 11. The predicted molar refractivity (Wildman–Crippen MR) is 117 cm³/mol. The van der Waals surface area contributed by atoms with Gasteiger partial charge in [0.25, 0.3) is 8.53 Å². The van der Waals surface area contributed by atoms with Crippen LogP contribution in [0.2, 0.25) is 0 Å². The highest BCUT2D eigenvalue weighted by Gasteiger charge is 2.48. The van der Waals surface area contributed by atoms with E-state index >= 15 is 0 Å². The number of nitrogens with two attached hydrogens (primary N) is 1. The van der Waals surface area contributed by atoms with E-state index in [9.17, 15) is 10.2 Å². The smallest absolute Gasteiger partial charge is 0.259 e. The number of nitrogens with zero attached hydrogens (tertiary/aromatic N) is 6. The molecule has 0 saturated carbocycles. The van der Waals surface area contributed by atoms with Crippen LogP contribution in [0.3, 0.4) is 0 Å². The molecular weight excluding hydrogens is 437 g/mol. The zero-order valence-electron chi connectivity index (χ0n) is 18.6. The standard InChI is InChI=1S/C19H30N7O5P/c1-11(2)26(12(3)4)32(29-7-5-6-20)31-16-15(28)13(8-27)30-19(16)25-10-24-14-17(21)22-9-23-18(14)25/h9-13,15-16,19,27-28H,5,7-8H2,1-4H3,(H2,21,22,23)/t13-,15-,16-,19-,32?/m1/s1. The van der Waals surface area contributed by atoms with Crippen LogP contribution in [-0.4, -0.2) is 78.0 Å². The molecule has 0 aliphatic carbocycles. The SMILES string of the molecule is CC(C)N(C(C)C)P(OCCC#N)O[C@@H]1[C@H](O)[C@@H](CO)O[C@H]1n1cnc2c(N)ncnc21. The fourth-order valence-electron chi connectivity index (χ4n) is 3.66. The van der Waals surface area contributed by atoms with E-state index in [4.69, 9.17) is 24.8 Å². The highest BCUT2D eigenvalue weighted by molar-refractivity contribution is 7.44. The van der Waals surface area contributed by atoms with Gasteiger partial charge in [0.1, 0.15) is 30.2 Å². The number of nitriles is 1. The van der Waals surface area contributed by atoms with Gasteiger partial charge in [0.05, 0.1) is 32.0 Å². The van der Waals surface area contributed by atoms with Crippen LogP contribution in [0.4, 0.5) is 5.82 Å². The minimum atomic E-state index is -1.66. The molecule has 2 aromatic heterocycles. The van der Waals surface area contributed by atoms with E-state index in [1.165, 1.54) is 12.7 Å². The number of anilines is 1. The van der Waals surface area contributed by atoms with Crippen molar-refractivity contribution in [3.63, 3.8) is 0 Å². The van der Waals surface area contributed by atoms with Gasteiger partial charge in [0, 0.05) is 12.1 Å². The van der Waals surface area contributed by atoms with E-state index < -0.39 is 39.7 Å². The Balaban J connectivity index is 1.96. The Morgan fingerprint density at radius 1 is 1.31 bits per heavy atom. The monoisotopic (exact) mass is 467 g/mol. The van der Waals surface area contributed by atoms with Crippen LogP contribution >= 0.6 is 8.53 Å². The average molecular weight is 467 g/mol. The summed E-state index contributed by atoms with van der Waals surface area (Å²) in [4.78, 5) is 12.5. The first-order valence-electron chi connectivity index (χ1n) is 10.4. The van der Waals surface area contributed by atoms with Crippen molar-refractivity contribution < 1.29 is 24.0 Å². The third-order valence-corrected chi connectivity index (χ3v) is 7.16. The summed E-state index contributed by atoms with van der Waals surface area (Å²) < 4.78 is 21.9. The molecule has 0 aromatic carbocycles. The molecule has 2 aromatic rings. The van der Waals surface area contributed by atoms with Crippen LogP contribution in [0, 0.1) is 11.3 Å². The van der Waals surface area contributed by atoms with Gasteiger partial charge in [-0.3, -0.25) is 4.57 Å². The zero-order chi connectivity index (χ0) is 23.4. The van der Waals surface area contributed by atoms with E-state index in [2.05, 4.69) is 25.7 Å². The fourth-order valence-corrected chi connectivity index (χ4v) is 5.40. The Kier molecular flexibility index (Phi) is 8.30. The molecule has 3 heterocycles. The second kappa shape index (κ2) is 10.8. The van der Waals surface area contributed by atoms with Gasteiger partial charge in [-0.25, -0.2) is 19.6 Å². The molecule has 0 bridgehead atoms. The van der Waals surface area contributed by atoms with Crippen molar-refractivity contribution in [2.75, 3.05) is 18.9 Å². The van der Waals surface area contributed by atoms with E-state index in [-0.39, 0.29) is 30.9 Å². The molecule has 176 valence electrons. The van der Waals surface area contributed by atoms with Crippen molar-refractivity contribution in [1.29, 1.82) is 5.26 Å². The van der Waals surface area contributed by atoms with Crippen molar-refractivity contribution in [2.24, 2.45) is 0 Å². The first-order chi connectivity index (χ1) is 15.3. The highest BCUT2D eigenvalue weighted by atomic mass is 31.2. The summed E-state index contributed by atoms with van der Waals surface area (Å²) in [6.07, 6.45) is -0.721. The molecule has 12 nitrogen and oxygen atoms in total. The van der Waals surface area contributed by atoms with Gasteiger partial charge in [-0.15, -0.1) is 0 Å². The molecule has 1 fully saturated rings. The quantitative estimate of drug-likeness (QED) is 0.341. The van der Waals surface area contributed by atoms with Gasteiger partial charge in [-0.05, 0) is 27.7 Å². The van der Waals surface area contributed by atoms with Crippen LogP contribution in [0.1, 0.15) is 40.3 Å². The number of hydrogen-bond donors (Lipinski definition) is 3. The van der Waals surface area contributed by atoms with Crippen molar-refractivity contribution >= 4 is 25.5 Å². The van der Waals surface area contributed by atoms with Crippen LogP contribution in [-0.2, 0) is 13.8 Å². The first kappa shape index (κ1) is 24.7. The lowest BCUT2D eigenvalue weighted by Crippen LogP contribution is -2.39. The molecule has 13 heteroatoms. The lowest BCUT2D eigenvalue weighted by Gasteiger charge is -2.37. The Morgan fingerprint density at radius 2 is 2.03 bits per heavy atom. The van der Waals surface area contributed by atoms with Gasteiger partial charge in [0.2, 0.25) is 0 Å². The van der Waals surface area contributed by atoms with Gasteiger partial charge in [0.15, 0.2) is 17.7 Å². The molecule has 4 N–H and O–H groups in total. The molecule has 32 heavy (non-hydrogen) atoms. The molecule has 0 spiro atoms. The fraction of sp³-hybridized carbons (Fsp3) is 0.684. The van der Waals surface area contributed by atoms with E-state index in [0.29, 0.717) is 11.2 Å². The number of aliphatic hydroxyl groups is 2. The highest BCUT2D eigenvalue weighted by Crippen LogP contribution is 2.50. The van der Waals surface area contributed by atoms with Crippen LogP contribution < -0.4 is 5.73 Å². The molecule has 5 atom stereocenters. The minimum Gasteiger partial charge on any atom is -0.394 e. The number of fused-ring (bicyclic) bond motifs is 1. The van der Waals surface area contributed by atoms with Crippen LogP contribution in [0.5, 0.6) is 0 Å². The Morgan fingerprint density at radius 3 is 2.66 bits per heavy atom. The second-order valence-corrected chi connectivity index (χ2v) is 9.34. The summed E-state index contributed by atoms with van der Waals surface area (Å²) in [5.41, 5.74) is 6.72. The summed E-state index contributed by atoms with van der Waals surface area (Å²) in [5.74, 6) is 0.219. The van der Waals surface area contributed by atoms with E-state index in [1.54, 1.807) is 4.57 Å². The predicted octanol–water partition coefficient (Wildman–Crippen LogP) is 1.32. The maximum absolute atomic E-state index is 10.9. The zero-order valence-corrected chi connectivity index (χ0v) is 19.5. The Hall–Kier alpha value is -1.97. The molecule has 3 rings (SSSR count). The van der Waals surface area contributed by atoms with Crippen molar-refractivity contribution in [2.45, 2.75) is 70.7 Å². The molecule has 1 saturated heterocycles. The summed E-state index contributed by atoms with van der Waals surface area (Å²) >= 11 is 0. The largest absolute Gasteiger partial charge is 0.394 e. The number of nitrogen functional groups attached to an aromatic ring is 1. The number of imidazole rings is 1. The summed E-state index contributed by atoms with van der Waals surface area (Å²) in [6.45, 7) is 7.87. The van der Waals surface area contributed by atoms with E-state index in [1.807, 2.05) is 27.7 Å². The number of aromatic nitrogens is 4. The average Bonchev–Trinajstić information content (AvgIpc) is 3.30. The normalized spacial score (nSPS) is 24.6. The molecular formula is C19H30N7O5P. The second-order valence-electron chi connectivity index (χ2n) is 7.94. The van der Waals surface area contributed by atoms with Crippen LogP contribution in [0.25, 0.3) is 11.2 Å². The first-order valence-corrected chi connectivity index (χ1v) is 11.6. The number of aliphatic hydroxyl groups excluding tert-OH is 2. The molecule has 0 radical (unpaired) electrons. The summed E-state index contributed by atoms with van der Waals surface area (Å²) in [5, 5.41) is 29.6.